The van der Waals surface area contributed by atoms with Gasteiger partial charge in [-0.15, -0.1) is 0 Å². The Morgan fingerprint density at radius 1 is 0.931 bits per heavy atom. The number of ether oxygens (including phenoxy) is 2. The Morgan fingerprint density at radius 2 is 1.52 bits per heavy atom. The summed E-state index contributed by atoms with van der Waals surface area (Å²) in [5.74, 6) is -0.589. The number of benzene rings is 2. The molecule has 0 radical (unpaired) electrons. The zero-order chi connectivity index (χ0) is 20.3. The zero-order valence-electron chi connectivity index (χ0n) is 16.7. The highest BCUT2D eigenvalue weighted by Gasteiger charge is 2.40. The molecule has 6 heteroatoms. The number of carbonyl (C=O) groups is 2. The summed E-state index contributed by atoms with van der Waals surface area (Å²) in [7, 11) is 0. The molecule has 2 aromatic carbocycles. The van der Waals surface area contributed by atoms with Crippen molar-refractivity contribution in [3.05, 3.63) is 65.7 Å². The van der Waals surface area contributed by atoms with Gasteiger partial charge in [-0.1, -0.05) is 18.2 Å². The van der Waals surface area contributed by atoms with E-state index in [4.69, 9.17) is 9.47 Å². The van der Waals surface area contributed by atoms with Gasteiger partial charge in [0.15, 0.2) is 5.79 Å². The van der Waals surface area contributed by atoms with Gasteiger partial charge in [0.25, 0.3) is 11.8 Å². The van der Waals surface area contributed by atoms with Crippen molar-refractivity contribution < 1.29 is 19.1 Å². The largest absolute Gasteiger partial charge is 0.347 e. The molecule has 6 nitrogen and oxygen atoms in total. The van der Waals surface area contributed by atoms with Gasteiger partial charge in [0.05, 0.1) is 13.2 Å². The maximum absolute atomic E-state index is 12.9. The van der Waals surface area contributed by atoms with Crippen LogP contribution >= 0.6 is 0 Å². The summed E-state index contributed by atoms with van der Waals surface area (Å²) >= 11 is 0. The summed E-state index contributed by atoms with van der Waals surface area (Å²) in [4.78, 5) is 29.3. The molecular formula is C23H26N2O4. The zero-order valence-corrected chi connectivity index (χ0v) is 16.7. The van der Waals surface area contributed by atoms with Crippen molar-refractivity contribution in [2.45, 2.75) is 25.6 Å². The first-order chi connectivity index (χ1) is 14.1. The first-order valence-electron chi connectivity index (χ1n) is 10.2. The third-order valence-corrected chi connectivity index (χ3v) is 5.63. The van der Waals surface area contributed by atoms with Crippen molar-refractivity contribution in [3.8, 4) is 0 Å². The standard InChI is InChI=1S/C23H26N2O4/c1-2-25(20-6-4-3-5-7-20)22(27)19-10-8-18(9-11-19)21(26)24-14-12-23(13-15-24)28-16-17-29-23/h3-11H,2,12-17H2,1H3. The molecule has 0 bridgehead atoms. The van der Waals surface area contributed by atoms with Crippen LogP contribution in [0.2, 0.25) is 0 Å². The molecule has 2 aliphatic heterocycles. The lowest BCUT2D eigenvalue weighted by Crippen LogP contribution is -2.47. The van der Waals surface area contributed by atoms with E-state index < -0.39 is 5.79 Å². The van der Waals surface area contributed by atoms with E-state index in [1.807, 2.05) is 42.2 Å². The molecule has 0 saturated carbocycles. The van der Waals surface area contributed by atoms with Gasteiger partial charge in [0, 0.05) is 49.3 Å². The third-order valence-electron chi connectivity index (χ3n) is 5.63. The van der Waals surface area contributed by atoms with Crippen molar-refractivity contribution >= 4 is 17.5 Å². The van der Waals surface area contributed by atoms with Gasteiger partial charge in [-0.2, -0.15) is 0 Å². The second-order valence-corrected chi connectivity index (χ2v) is 7.36. The highest BCUT2D eigenvalue weighted by atomic mass is 16.7. The maximum Gasteiger partial charge on any atom is 0.258 e. The minimum Gasteiger partial charge on any atom is -0.347 e. The number of para-hydroxylation sites is 1. The molecular weight excluding hydrogens is 368 g/mol. The van der Waals surface area contributed by atoms with Crippen LogP contribution in [0.15, 0.2) is 54.6 Å². The van der Waals surface area contributed by atoms with Crippen LogP contribution in [0.3, 0.4) is 0 Å². The fourth-order valence-corrected chi connectivity index (χ4v) is 3.98. The molecule has 29 heavy (non-hydrogen) atoms. The Balaban J connectivity index is 1.42. The fraction of sp³-hybridized carbons (Fsp3) is 0.391. The second-order valence-electron chi connectivity index (χ2n) is 7.36. The van der Waals surface area contributed by atoms with Gasteiger partial charge in [0.1, 0.15) is 0 Å². The second kappa shape index (κ2) is 8.35. The number of piperidine rings is 1. The molecule has 2 heterocycles. The molecule has 0 aromatic heterocycles. The Labute approximate surface area is 171 Å². The Morgan fingerprint density at radius 3 is 2.10 bits per heavy atom. The molecule has 0 unspecified atom stereocenters. The fourth-order valence-electron chi connectivity index (χ4n) is 3.98. The van der Waals surface area contributed by atoms with Crippen LogP contribution in [0.4, 0.5) is 5.69 Å². The van der Waals surface area contributed by atoms with Gasteiger partial charge in [-0.3, -0.25) is 9.59 Å². The van der Waals surface area contributed by atoms with E-state index in [-0.39, 0.29) is 11.8 Å². The lowest BCUT2D eigenvalue weighted by molar-refractivity contribution is -0.181. The van der Waals surface area contributed by atoms with Crippen molar-refractivity contribution in [1.82, 2.24) is 4.90 Å². The Hall–Kier alpha value is -2.70. The third kappa shape index (κ3) is 4.04. The van der Waals surface area contributed by atoms with E-state index in [0.717, 1.165) is 5.69 Å². The number of rotatable bonds is 4. The van der Waals surface area contributed by atoms with Crippen LogP contribution < -0.4 is 4.90 Å². The average molecular weight is 394 g/mol. The van der Waals surface area contributed by atoms with Gasteiger partial charge in [0.2, 0.25) is 0 Å². The normalized spacial score (nSPS) is 18.0. The van der Waals surface area contributed by atoms with Crippen LogP contribution in [0, 0.1) is 0 Å². The van der Waals surface area contributed by atoms with E-state index in [1.54, 1.807) is 29.2 Å². The number of likely N-dealkylation sites (tertiary alicyclic amines) is 1. The first kappa shape index (κ1) is 19.6. The molecule has 1 spiro atoms. The maximum atomic E-state index is 12.9. The first-order valence-corrected chi connectivity index (χ1v) is 10.2. The summed E-state index contributed by atoms with van der Waals surface area (Å²) in [6.07, 6.45) is 1.38. The Kier molecular flexibility index (Phi) is 5.65. The quantitative estimate of drug-likeness (QED) is 0.798. The van der Waals surface area contributed by atoms with Crippen LogP contribution in [-0.4, -0.2) is 55.3 Å². The molecule has 2 aliphatic rings. The van der Waals surface area contributed by atoms with E-state index in [2.05, 4.69) is 0 Å². The summed E-state index contributed by atoms with van der Waals surface area (Å²) in [5, 5.41) is 0. The molecule has 2 fully saturated rings. The minimum atomic E-state index is -0.492. The van der Waals surface area contributed by atoms with E-state index in [0.29, 0.717) is 56.8 Å². The van der Waals surface area contributed by atoms with E-state index in [1.165, 1.54) is 0 Å². The highest BCUT2D eigenvalue weighted by Crippen LogP contribution is 2.31. The summed E-state index contributed by atoms with van der Waals surface area (Å²) in [6, 6.07) is 16.5. The molecule has 2 saturated heterocycles. The monoisotopic (exact) mass is 394 g/mol. The number of hydrogen-bond donors (Lipinski definition) is 0. The van der Waals surface area contributed by atoms with E-state index in [9.17, 15) is 9.59 Å². The predicted molar refractivity (Wildman–Crippen MR) is 110 cm³/mol. The highest BCUT2D eigenvalue weighted by molar-refractivity contribution is 6.06. The van der Waals surface area contributed by atoms with Gasteiger partial charge < -0.3 is 19.3 Å². The summed E-state index contributed by atoms with van der Waals surface area (Å²) in [6.45, 7) is 4.99. The number of nitrogens with zero attached hydrogens (tertiary/aromatic N) is 2. The Bertz CT molecular complexity index is 850. The molecule has 4 rings (SSSR count). The van der Waals surface area contributed by atoms with E-state index >= 15 is 0 Å². The molecule has 2 aromatic rings. The topological polar surface area (TPSA) is 59.1 Å². The smallest absolute Gasteiger partial charge is 0.258 e. The lowest BCUT2D eigenvalue weighted by Gasteiger charge is -2.37. The number of hydrogen-bond acceptors (Lipinski definition) is 4. The molecule has 0 N–H and O–H groups in total. The van der Waals surface area contributed by atoms with Crippen LogP contribution in [0.1, 0.15) is 40.5 Å². The van der Waals surface area contributed by atoms with Crippen LogP contribution in [0.25, 0.3) is 0 Å². The minimum absolute atomic E-state index is 0.0211. The lowest BCUT2D eigenvalue weighted by atomic mass is 10.0. The van der Waals surface area contributed by atoms with Gasteiger partial charge in [-0.25, -0.2) is 0 Å². The molecule has 0 aliphatic carbocycles. The number of carbonyl (C=O) groups excluding carboxylic acids is 2. The van der Waals surface area contributed by atoms with Gasteiger partial charge in [-0.05, 0) is 43.3 Å². The van der Waals surface area contributed by atoms with Crippen molar-refractivity contribution in [3.63, 3.8) is 0 Å². The number of anilines is 1. The molecule has 2 amide bonds. The summed E-state index contributed by atoms with van der Waals surface area (Å²) in [5.41, 5.74) is 2.02. The van der Waals surface area contributed by atoms with Crippen molar-refractivity contribution in [1.29, 1.82) is 0 Å². The molecule has 152 valence electrons. The SMILES string of the molecule is CCN(C(=O)c1ccc(C(=O)N2CCC3(CC2)OCCO3)cc1)c1ccccc1. The number of amides is 2. The van der Waals surface area contributed by atoms with Crippen LogP contribution in [0.5, 0.6) is 0 Å². The average Bonchev–Trinajstić information content (AvgIpc) is 3.23. The van der Waals surface area contributed by atoms with Crippen LogP contribution in [-0.2, 0) is 9.47 Å². The predicted octanol–water partition coefficient (Wildman–Crippen LogP) is 3.33. The molecule has 0 atom stereocenters. The summed E-state index contributed by atoms with van der Waals surface area (Å²) < 4.78 is 11.4. The van der Waals surface area contributed by atoms with Crippen molar-refractivity contribution in [2.24, 2.45) is 0 Å². The van der Waals surface area contributed by atoms with Gasteiger partial charge >= 0.3 is 0 Å². The van der Waals surface area contributed by atoms with Crippen molar-refractivity contribution in [2.75, 3.05) is 37.7 Å².